The van der Waals surface area contributed by atoms with E-state index >= 15 is 0 Å². The molecule has 3 fully saturated rings. The van der Waals surface area contributed by atoms with E-state index in [0.717, 1.165) is 36.7 Å². The maximum atomic E-state index is 12.9. The Morgan fingerprint density at radius 2 is 1.86 bits per heavy atom. The maximum absolute atomic E-state index is 12.9. The van der Waals surface area contributed by atoms with Crippen molar-refractivity contribution in [1.82, 2.24) is 15.1 Å². The van der Waals surface area contributed by atoms with Gasteiger partial charge in [-0.3, -0.25) is 24.6 Å². The van der Waals surface area contributed by atoms with Crippen LogP contribution in [0.25, 0.3) is 0 Å². The Kier molecular flexibility index (Phi) is 7.39. The van der Waals surface area contributed by atoms with E-state index in [4.69, 9.17) is 9.47 Å². The minimum Gasteiger partial charge on any atom is -0.492 e. The third-order valence-corrected chi connectivity index (χ3v) is 8.31. The van der Waals surface area contributed by atoms with Crippen LogP contribution in [-0.2, 0) is 20.9 Å². The number of hydrogen-bond acceptors (Lipinski definition) is 6. The van der Waals surface area contributed by atoms with Crippen LogP contribution in [-0.4, -0.2) is 72.5 Å². The first-order valence-corrected chi connectivity index (χ1v) is 13.2. The van der Waals surface area contributed by atoms with Gasteiger partial charge in [-0.05, 0) is 81.2 Å². The lowest BCUT2D eigenvalue weighted by Crippen LogP contribution is -2.52. The van der Waals surface area contributed by atoms with Gasteiger partial charge in [0.15, 0.2) is 0 Å². The van der Waals surface area contributed by atoms with Crippen LogP contribution >= 0.6 is 0 Å². The summed E-state index contributed by atoms with van der Waals surface area (Å²) in [5.74, 6) is 0.708. The van der Waals surface area contributed by atoms with Crippen LogP contribution in [0.1, 0.15) is 73.7 Å². The van der Waals surface area contributed by atoms with Crippen LogP contribution in [0.3, 0.4) is 0 Å². The van der Waals surface area contributed by atoms with Crippen LogP contribution in [0.2, 0.25) is 0 Å². The Morgan fingerprint density at radius 3 is 2.63 bits per heavy atom. The molecule has 3 heterocycles. The summed E-state index contributed by atoms with van der Waals surface area (Å²) in [4.78, 5) is 40.9. The van der Waals surface area contributed by atoms with E-state index in [-0.39, 0.29) is 24.1 Å². The monoisotopic (exact) mass is 483 g/mol. The number of piperidine rings is 2. The normalized spacial score (nSPS) is 29.7. The molecule has 0 spiro atoms. The molecule has 2 atom stereocenters. The minimum atomic E-state index is -0.591. The number of methoxy groups -OCH3 is 1. The summed E-state index contributed by atoms with van der Waals surface area (Å²) in [6.07, 6.45) is 9.52. The third kappa shape index (κ3) is 5.38. The molecule has 1 unspecified atom stereocenters. The molecular formula is C27H37N3O5. The average molecular weight is 484 g/mol. The van der Waals surface area contributed by atoms with Crippen molar-refractivity contribution in [2.75, 3.05) is 26.8 Å². The number of carbonyl (C=O) groups is 3. The first kappa shape index (κ1) is 24.3. The minimum absolute atomic E-state index is 0.150. The average Bonchev–Trinajstić information content (AvgIpc) is 3.19. The standard InChI is InChI=1S/C27H37N3O5/c1-34-21-7-5-18(6-8-21)15-29-13-3-2-4-20(29)17-35-22-9-10-23-19(14-22)16-30(27(23)33)24-11-12-25(31)28-26(24)32/h9-10,14,18,20-21,24H,2-8,11-13,15-17H2,1H3,(H,28,31,32)/t18-,20-,21+,24?/m1/s1. The van der Waals surface area contributed by atoms with Gasteiger partial charge in [0, 0.05) is 38.2 Å². The van der Waals surface area contributed by atoms with E-state index in [2.05, 4.69) is 10.2 Å². The van der Waals surface area contributed by atoms with Crippen LogP contribution < -0.4 is 10.1 Å². The number of hydrogen-bond donors (Lipinski definition) is 1. The number of amides is 3. The summed E-state index contributed by atoms with van der Waals surface area (Å²) in [6, 6.07) is 5.44. The summed E-state index contributed by atoms with van der Waals surface area (Å²) >= 11 is 0. The topological polar surface area (TPSA) is 88.2 Å². The molecule has 1 aromatic carbocycles. The number of nitrogens with one attached hydrogen (secondary N) is 1. The molecule has 3 aliphatic heterocycles. The second-order valence-electron chi connectivity index (χ2n) is 10.6. The molecule has 4 aliphatic rings. The Labute approximate surface area is 207 Å². The highest BCUT2D eigenvalue weighted by Crippen LogP contribution is 2.32. The number of likely N-dealkylation sites (tertiary alicyclic amines) is 1. The Bertz CT molecular complexity index is 958. The number of benzene rings is 1. The van der Waals surface area contributed by atoms with Crippen molar-refractivity contribution in [2.24, 2.45) is 5.92 Å². The second-order valence-corrected chi connectivity index (χ2v) is 10.6. The summed E-state index contributed by atoms with van der Waals surface area (Å²) in [6.45, 7) is 3.30. The van der Waals surface area contributed by atoms with Gasteiger partial charge in [0.25, 0.3) is 5.91 Å². The molecule has 0 bridgehead atoms. The zero-order chi connectivity index (χ0) is 24.4. The van der Waals surface area contributed by atoms with Crippen molar-refractivity contribution in [3.05, 3.63) is 29.3 Å². The van der Waals surface area contributed by atoms with Crippen molar-refractivity contribution in [1.29, 1.82) is 0 Å². The summed E-state index contributed by atoms with van der Waals surface area (Å²) in [7, 11) is 1.82. The number of ether oxygens (including phenoxy) is 2. The Balaban J connectivity index is 1.17. The van der Waals surface area contributed by atoms with Gasteiger partial charge >= 0.3 is 0 Å². The van der Waals surface area contributed by atoms with Gasteiger partial charge in [-0.15, -0.1) is 0 Å². The first-order valence-electron chi connectivity index (χ1n) is 13.2. The highest BCUT2D eigenvalue weighted by Gasteiger charge is 2.39. The molecule has 1 saturated carbocycles. The molecule has 3 amide bonds. The molecule has 2 saturated heterocycles. The highest BCUT2D eigenvalue weighted by atomic mass is 16.5. The van der Waals surface area contributed by atoms with Gasteiger partial charge in [-0.1, -0.05) is 6.42 Å². The number of nitrogens with zero attached hydrogens (tertiary/aromatic N) is 2. The van der Waals surface area contributed by atoms with Crippen molar-refractivity contribution < 1.29 is 23.9 Å². The van der Waals surface area contributed by atoms with Gasteiger partial charge in [-0.2, -0.15) is 0 Å². The van der Waals surface area contributed by atoms with E-state index in [1.165, 1.54) is 38.5 Å². The molecule has 8 heteroatoms. The SMILES string of the molecule is CO[C@H]1CC[C@@H](CN2CCCC[C@@H]2COc2ccc3c(c2)CN(C2CCC(=O)NC2=O)C3=O)CC1. The molecule has 8 nitrogen and oxygen atoms in total. The lowest BCUT2D eigenvalue weighted by atomic mass is 9.86. The van der Waals surface area contributed by atoms with Crippen LogP contribution in [0.4, 0.5) is 0 Å². The number of fused-ring (bicyclic) bond motifs is 1. The van der Waals surface area contributed by atoms with Crippen molar-refractivity contribution in [2.45, 2.75) is 82.5 Å². The van der Waals surface area contributed by atoms with Gasteiger partial charge in [0.05, 0.1) is 6.10 Å². The van der Waals surface area contributed by atoms with E-state index in [9.17, 15) is 14.4 Å². The van der Waals surface area contributed by atoms with E-state index in [1.54, 1.807) is 4.90 Å². The Morgan fingerprint density at radius 1 is 1.03 bits per heavy atom. The molecule has 5 rings (SSSR count). The van der Waals surface area contributed by atoms with Crippen LogP contribution in [0.15, 0.2) is 18.2 Å². The largest absolute Gasteiger partial charge is 0.492 e. The zero-order valence-electron chi connectivity index (χ0n) is 20.7. The van der Waals surface area contributed by atoms with Crippen molar-refractivity contribution >= 4 is 17.7 Å². The van der Waals surface area contributed by atoms with E-state index in [0.29, 0.717) is 37.3 Å². The second kappa shape index (κ2) is 10.7. The summed E-state index contributed by atoms with van der Waals surface area (Å²) < 4.78 is 11.8. The van der Waals surface area contributed by atoms with E-state index < -0.39 is 6.04 Å². The lowest BCUT2D eigenvalue weighted by Gasteiger charge is -2.39. The molecule has 190 valence electrons. The fraction of sp³-hybridized carbons (Fsp3) is 0.667. The van der Waals surface area contributed by atoms with Gasteiger partial charge in [0.2, 0.25) is 11.8 Å². The quantitative estimate of drug-likeness (QED) is 0.600. The maximum Gasteiger partial charge on any atom is 0.255 e. The van der Waals surface area contributed by atoms with Crippen molar-refractivity contribution in [3.63, 3.8) is 0 Å². The first-order chi connectivity index (χ1) is 17.0. The summed E-state index contributed by atoms with van der Waals surface area (Å²) in [5, 5.41) is 2.35. The lowest BCUT2D eigenvalue weighted by molar-refractivity contribution is -0.136. The van der Waals surface area contributed by atoms with Gasteiger partial charge in [-0.25, -0.2) is 0 Å². The zero-order valence-corrected chi connectivity index (χ0v) is 20.7. The van der Waals surface area contributed by atoms with Crippen LogP contribution in [0, 0.1) is 5.92 Å². The van der Waals surface area contributed by atoms with Crippen molar-refractivity contribution in [3.8, 4) is 5.75 Å². The molecule has 0 radical (unpaired) electrons. The summed E-state index contributed by atoms with van der Waals surface area (Å²) in [5.41, 5.74) is 1.50. The predicted molar refractivity (Wildman–Crippen MR) is 130 cm³/mol. The van der Waals surface area contributed by atoms with E-state index in [1.807, 2.05) is 25.3 Å². The third-order valence-electron chi connectivity index (χ3n) is 8.31. The molecule has 0 aromatic heterocycles. The van der Waals surface area contributed by atoms with Crippen LogP contribution in [0.5, 0.6) is 5.75 Å². The Hall–Kier alpha value is -2.45. The fourth-order valence-electron chi connectivity index (χ4n) is 6.20. The number of imide groups is 1. The molecular weight excluding hydrogens is 446 g/mol. The van der Waals surface area contributed by atoms with Gasteiger partial charge < -0.3 is 14.4 Å². The number of carbonyl (C=O) groups excluding carboxylic acids is 3. The molecule has 1 aromatic rings. The molecule has 35 heavy (non-hydrogen) atoms. The molecule has 1 aliphatic carbocycles. The number of rotatable bonds is 7. The molecule has 1 N–H and O–H groups in total. The predicted octanol–water partition coefficient (Wildman–Crippen LogP) is 2.89. The fourth-order valence-corrected chi connectivity index (χ4v) is 6.20. The highest BCUT2D eigenvalue weighted by molar-refractivity contribution is 6.05. The van der Waals surface area contributed by atoms with Gasteiger partial charge in [0.1, 0.15) is 18.4 Å². The smallest absolute Gasteiger partial charge is 0.255 e.